The molecule has 2 aromatic rings. The molecule has 1 atom stereocenters. The molecule has 1 N–H and O–H groups in total. The van der Waals surface area contributed by atoms with Crippen LogP contribution in [0.15, 0.2) is 33.2 Å². The summed E-state index contributed by atoms with van der Waals surface area (Å²) >= 11 is 3.39. The number of carboxylic acid groups (broad SMARTS) is 1. The summed E-state index contributed by atoms with van der Waals surface area (Å²) in [5, 5.41) is 9.96. The van der Waals surface area contributed by atoms with Gasteiger partial charge in [0.1, 0.15) is 5.58 Å². The van der Waals surface area contributed by atoms with Gasteiger partial charge >= 0.3 is 5.97 Å². The quantitative estimate of drug-likeness (QED) is 0.894. The van der Waals surface area contributed by atoms with Crippen molar-refractivity contribution in [1.82, 2.24) is 4.90 Å². The number of nitrogens with zero attached hydrogens (tertiary/aromatic N) is 1. The van der Waals surface area contributed by atoms with Crippen LogP contribution in [-0.2, 0) is 9.53 Å². The molecule has 110 valence electrons. The minimum atomic E-state index is -1.08. The molecule has 1 unspecified atom stereocenters. The van der Waals surface area contributed by atoms with E-state index in [1.807, 2.05) is 6.07 Å². The molecular formula is C14H12BrNO5. The summed E-state index contributed by atoms with van der Waals surface area (Å²) in [4.78, 5) is 25.0. The summed E-state index contributed by atoms with van der Waals surface area (Å²) in [6.07, 6.45) is 0. The first-order chi connectivity index (χ1) is 10.1. The van der Waals surface area contributed by atoms with Crippen LogP contribution in [0.25, 0.3) is 11.0 Å². The lowest BCUT2D eigenvalue weighted by Crippen LogP contribution is -2.52. The number of carboxylic acids is 1. The maximum absolute atomic E-state index is 12.5. The van der Waals surface area contributed by atoms with E-state index < -0.39 is 17.9 Å². The highest BCUT2D eigenvalue weighted by Gasteiger charge is 2.34. The molecule has 2 heterocycles. The lowest BCUT2D eigenvalue weighted by molar-refractivity contribution is -0.147. The minimum absolute atomic E-state index is 0.00893. The van der Waals surface area contributed by atoms with Crippen molar-refractivity contribution in [3.05, 3.63) is 34.5 Å². The first-order valence-corrected chi connectivity index (χ1v) is 7.17. The van der Waals surface area contributed by atoms with Crippen LogP contribution in [0.3, 0.4) is 0 Å². The van der Waals surface area contributed by atoms with E-state index in [9.17, 15) is 14.7 Å². The lowest BCUT2D eigenvalue weighted by Gasteiger charge is -2.32. The van der Waals surface area contributed by atoms with Crippen molar-refractivity contribution >= 4 is 38.8 Å². The van der Waals surface area contributed by atoms with Crippen molar-refractivity contribution in [3.63, 3.8) is 0 Å². The summed E-state index contributed by atoms with van der Waals surface area (Å²) < 4.78 is 11.5. The Labute approximate surface area is 128 Å². The van der Waals surface area contributed by atoms with E-state index in [1.54, 1.807) is 18.2 Å². The molecule has 0 radical (unpaired) electrons. The van der Waals surface area contributed by atoms with Crippen LogP contribution in [-0.4, -0.2) is 47.7 Å². The number of ether oxygens (including phenoxy) is 1. The molecule has 0 aliphatic carbocycles. The highest BCUT2D eigenvalue weighted by atomic mass is 79.9. The number of fused-ring (bicyclic) bond motifs is 1. The largest absolute Gasteiger partial charge is 0.480 e. The van der Waals surface area contributed by atoms with Gasteiger partial charge in [-0.2, -0.15) is 0 Å². The van der Waals surface area contributed by atoms with Crippen molar-refractivity contribution in [3.8, 4) is 0 Å². The minimum Gasteiger partial charge on any atom is -0.480 e. The fourth-order valence-corrected chi connectivity index (χ4v) is 2.79. The fraction of sp³-hybridized carbons (Fsp3) is 0.286. The number of carbonyl (C=O) groups excluding carboxylic acids is 1. The molecular weight excluding hydrogens is 342 g/mol. The molecule has 1 aliphatic rings. The third-order valence-electron chi connectivity index (χ3n) is 3.39. The fourth-order valence-electron chi connectivity index (χ4n) is 2.32. The van der Waals surface area contributed by atoms with Gasteiger partial charge in [-0.25, -0.2) is 4.79 Å². The third kappa shape index (κ3) is 2.54. The number of morpholine rings is 1. The van der Waals surface area contributed by atoms with Crippen molar-refractivity contribution in [2.45, 2.75) is 6.04 Å². The van der Waals surface area contributed by atoms with E-state index in [0.717, 1.165) is 9.86 Å². The molecule has 7 heteroatoms. The second-order valence-electron chi connectivity index (χ2n) is 4.69. The monoisotopic (exact) mass is 353 g/mol. The van der Waals surface area contributed by atoms with Crippen LogP contribution in [0, 0.1) is 0 Å². The lowest BCUT2D eigenvalue weighted by atomic mass is 10.2. The smallest absolute Gasteiger partial charge is 0.328 e. The molecule has 1 saturated heterocycles. The molecule has 0 spiro atoms. The Morgan fingerprint density at radius 3 is 2.90 bits per heavy atom. The zero-order chi connectivity index (χ0) is 15.0. The zero-order valence-electron chi connectivity index (χ0n) is 10.9. The van der Waals surface area contributed by atoms with Gasteiger partial charge in [0.15, 0.2) is 11.8 Å². The Bertz CT molecular complexity index is 710. The van der Waals surface area contributed by atoms with E-state index in [0.29, 0.717) is 12.2 Å². The number of rotatable bonds is 2. The van der Waals surface area contributed by atoms with Gasteiger partial charge in [-0.1, -0.05) is 22.0 Å². The van der Waals surface area contributed by atoms with Crippen molar-refractivity contribution in [2.75, 3.05) is 19.8 Å². The standard InChI is InChI=1S/C14H12BrNO5/c15-9-2-1-3-11-8(9)6-12(21-11)13(17)16-4-5-20-7-10(16)14(18)19/h1-3,6,10H,4-5,7H2,(H,18,19). The summed E-state index contributed by atoms with van der Waals surface area (Å²) in [7, 11) is 0. The van der Waals surface area contributed by atoms with E-state index in [1.165, 1.54) is 4.90 Å². The van der Waals surface area contributed by atoms with Gasteiger partial charge in [-0.05, 0) is 18.2 Å². The number of carbonyl (C=O) groups is 2. The van der Waals surface area contributed by atoms with Gasteiger partial charge in [0.2, 0.25) is 0 Å². The number of halogens is 1. The first kappa shape index (κ1) is 14.1. The van der Waals surface area contributed by atoms with E-state index in [2.05, 4.69) is 15.9 Å². The third-order valence-corrected chi connectivity index (χ3v) is 4.08. The second kappa shape index (κ2) is 5.50. The van der Waals surface area contributed by atoms with Gasteiger partial charge in [-0.3, -0.25) is 4.79 Å². The molecule has 1 aliphatic heterocycles. The predicted octanol–water partition coefficient (Wildman–Crippen LogP) is 2.12. The number of amides is 1. The van der Waals surface area contributed by atoms with Crippen LogP contribution in [0.2, 0.25) is 0 Å². The topological polar surface area (TPSA) is 80.0 Å². The molecule has 0 bridgehead atoms. The Balaban J connectivity index is 1.95. The van der Waals surface area contributed by atoms with Crippen molar-refractivity contribution in [1.29, 1.82) is 0 Å². The van der Waals surface area contributed by atoms with Gasteiger partial charge < -0.3 is 19.2 Å². The average Bonchev–Trinajstić information content (AvgIpc) is 2.92. The van der Waals surface area contributed by atoms with Crippen LogP contribution in [0.4, 0.5) is 0 Å². The van der Waals surface area contributed by atoms with Crippen molar-refractivity contribution in [2.24, 2.45) is 0 Å². The van der Waals surface area contributed by atoms with Gasteiger partial charge in [-0.15, -0.1) is 0 Å². The molecule has 1 fully saturated rings. The SMILES string of the molecule is O=C(O)C1COCCN1C(=O)c1cc2c(Br)cccc2o1. The highest BCUT2D eigenvalue weighted by molar-refractivity contribution is 9.10. The number of benzene rings is 1. The number of hydrogen-bond donors (Lipinski definition) is 1. The van der Waals surface area contributed by atoms with E-state index in [-0.39, 0.29) is 18.9 Å². The highest BCUT2D eigenvalue weighted by Crippen LogP contribution is 2.28. The maximum Gasteiger partial charge on any atom is 0.328 e. The number of furan rings is 1. The summed E-state index contributed by atoms with van der Waals surface area (Å²) in [5.74, 6) is -1.39. The predicted molar refractivity (Wildman–Crippen MR) is 77.2 cm³/mol. The molecule has 1 aromatic carbocycles. The summed E-state index contributed by atoms with van der Waals surface area (Å²) in [6, 6.07) is 6.05. The first-order valence-electron chi connectivity index (χ1n) is 6.37. The average molecular weight is 354 g/mol. The summed E-state index contributed by atoms with van der Waals surface area (Å²) in [5.41, 5.74) is 0.577. The Hall–Kier alpha value is -1.86. The van der Waals surface area contributed by atoms with Crippen LogP contribution in [0.5, 0.6) is 0 Å². The van der Waals surface area contributed by atoms with Crippen molar-refractivity contribution < 1.29 is 23.8 Å². The van der Waals surface area contributed by atoms with Gasteiger partial charge in [0, 0.05) is 16.4 Å². The number of aliphatic carboxylic acids is 1. The Morgan fingerprint density at radius 1 is 1.38 bits per heavy atom. The second-order valence-corrected chi connectivity index (χ2v) is 5.54. The van der Waals surface area contributed by atoms with Crippen LogP contribution in [0.1, 0.15) is 10.6 Å². The van der Waals surface area contributed by atoms with Gasteiger partial charge in [0.05, 0.1) is 13.2 Å². The molecule has 21 heavy (non-hydrogen) atoms. The molecule has 1 aromatic heterocycles. The maximum atomic E-state index is 12.5. The van der Waals surface area contributed by atoms with Crippen LogP contribution >= 0.6 is 15.9 Å². The zero-order valence-corrected chi connectivity index (χ0v) is 12.5. The molecule has 0 saturated carbocycles. The summed E-state index contributed by atoms with van der Waals surface area (Å²) in [6.45, 7) is 0.540. The van der Waals surface area contributed by atoms with Gasteiger partial charge in [0.25, 0.3) is 5.91 Å². The van der Waals surface area contributed by atoms with Crippen LogP contribution < -0.4 is 0 Å². The van der Waals surface area contributed by atoms with E-state index in [4.69, 9.17) is 9.15 Å². The Kier molecular flexibility index (Phi) is 3.69. The van der Waals surface area contributed by atoms with E-state index >= 15 is 0 Å². The normalized spacial score (nSPS) is 18.9. The number of hydrogen-bond acceptors (Lipinski definition) is 4. The molecule has 3 rings (SSSR count). The molecule has 1 amide bonds. The Morgan fingerprint density at radius 2 is 2.19 bits per heavy atom. The molecule has 6 nitrogen and oxygen atoms in total.